The molecule has 110 valence electrons. The fraction of sp³-hybridized carbons (Fsp3) is 0.562. The molecule has 0 atom stereocenters. The first kappa shape index (κ1) is 14.7. The lowest BCUT2D eigenvalue weighted by Gasteiger charge is -2.38. The van der Waals surface area contributed by atoms with Crippen molar-refractivity contribution < 1.29 is 9.90 Å². The molecule has 0 aromatic heterocycles. The summed E-state index contributed by atoms with van der Waals surface area (Å²) in [6.45, 7) is 8.28. The second kappa shape index (κ2) is 5.35. The first-order valence-corrected chi connectivity index (χ1v) is 7.17. The van der Waals surface area contributed by atoms with E-state index in [-0.39, 0.29) is 11.7 Å². The maximum atomic E-state index is 12.5. The van der Waals surface area contributed by atoms with Gasteiger partial charge in [0.1, 0.15) is 5.75 Å². The van der Waals surface area contributed by atoms with E-state index in [1.165, 1.54) is 12.1 Å². The van der Waals surface area contributed by atoms with Crippen LogP contribution in [0.4, 0.5) is 5.69 Å². The summed E-state index contributed by atoms with van der Waals surface area (Å²) in [4.78, 5) is 14.3. The van der Waals surface area contributed by atoms with Crippen LogP contribution in [-0.4, -0.2) is 29.0 Å². The van der Waals surface area contributed by atoms with Crippen LogP contribution in [0.25, 0.3) is 0 Å². The van der Waals surface area contributed by atoms with Gasteiger partial charge >= 0.3 is 0 Å². The van der Waals surface area contributed by atoms with Crippen LogP contribution < -0.4 is 5.73 Å². The number of carbonyl (C=O) groups excluding carboxylic acids is 1. The van der Waals surface area contributed by atoms with Gasteiger partial charge in [0.2, 0.25) is 0 Å². The molecule has 1 aromatic rings. The molecule has 0 unspecified atom stereocenters. The minimum absolute atomic E-state index is 0.0760. The highest BCUT2D eigenvalue weighted by atomic mass is 16.3. The Balaban J connectivity index is 2.07. The summed E-state index contributed by atoms with van der Waals surface area (Å²) in [7, 11) is 0. The second-order valence-corrected chi connectivity index (χ2v) is 6.70. The number of piperidine rings is 1. The molecular weight excluding hydrogens is 252 g/mol. The SMILES string of the molecule is CC(C)(C)C1CCN(C(=O)c2cc(O)ccc2N)CC1. The molecule has 1 amide bonds. The van der Waals surface area contributed by atoms with Crippen LogP contribution >= 0.6 is 0 Å². The van der Waals surface area contributed by atoms with E-state index < -0.39 is 0 Å². The van der Waals surface area contributed by atoms with E-state index in [9.17, 15) is 9.90 Å². The Hall–Kier alpha value is -1.71. The average molecular weight is 276 g/mol. The van der Waals surface area contributed by atoms with E-state index in [0.29, 0.717) is 22.6 Å². The highest BCUT2D eigenvalue weighted by molar-refractivity contribution is 5.99. The molecule has 1 aliphatic rings. The Morgan fingerprint density at radius 2 is 1.90 bits per heavy atom. The van der Waals surface area contributed by atoms with E-state index in [2.05, 4.69) is 20.8 Å². The van der Waals surface area contributed by atoms with Gasteiger partial charge in [-0.25, -0.2) is 0 Å². The number of carbonyl (C=O) groups is 1. The molecule has 1 aliphatic heterocycles. The van der Waals surface area contributed by atoms with Crippen LogP contribution in [-0.2, 0) is 0 Å². The zero-order valence-corrected chi connectivity index (χ0v) is 12.5. The number of nitrogen functional groups attached to an aromatic ring is 1. The molecule has 1 aromatic carbocycles. The number of phenols is 1. The van der Waals surface area contributed by atoms with Gasteiger partial charge in [-0.2, -0.15) is 0 Å². The topological polar surface area (TPSA) is 66.6 Å². The summed E-state index contributed by atoms with van der Waals surface area (Å²) in [6.07, 6.45) is 2.04. The molecule has 3 N–H and O–H groups in total. The maximum Gasteiger partial charge on any atom is 0.256 e. The summed E-state index contributed by atoms with van der Waals surface area (Å²) < 4.78 is 0. The van der Waals surface area contributed by atoms with Gasteiger partial charge in [0.15, 0.2) is 0 Å². The third-order valence-corrected chi connectivity index (χ3v) is 4.27. The van der Waals surface area contributed by atoms with E-state index in [0.717, 1.165) is 25.9 Å². The monoisotopic (exact) mass is 276 g/mol. The molecule has 0 saturated carbocycles. The number of benzene rings is 1. The van der Waals surface area contributed by atoms with Gasteiger partial charge in [-0.15, -0.1) is 0 Å². The van der Waals surface area contributed by atoms with Gasteiger partial charge in [-0.1, -0.05) is 20.8 Å². The number of amides is 1. The lowest BCUT2D eigenvalue weighted by atomic mass is 9.75. The normalized spacial score (nSPS) is 17.2. The van der Waals surface area contributed by atoms with Gasteiger partial charge in [0.25, 0.3) is 5.91 Å². The first-order valence-electron chi connectivity index (χ1n) is 7.17. The minimum atomic E-state index is -0.0780. The second-order valence-electron chi connectivity index (χ2n) is 6.70. The van der Waals surface area contributed by atoms with Crippen molar-refractivity contribution in [3.8, 4) is 5.75 Å². The summed E-state index contributed by atoms with van der Waals surface area (Å²) in [5, 5.41) is 9.51. The van der Waals surface area contributed by atoms with Crippen LogP contribution in [0.1, 0.15) is 44.0 Å². The van der Waals surface area contributed by atoms with E-state index in [1.54, 1.807) is 6.07 Å². The minimum Gasteiger partial charge on any atom is -0.508 e. The van der Waals surface area contributed by atoms with Crippen molar-refractivity contribution in [2.45, 2.75) is 33.6 Å². The van der Waals surface area contributed by atoms with Gasteiger partial charge in [-0.3, -0.25) is 4.79 Å². The van der Waals surface area contributed by atoms with Crippen LogP contribution in [0, 0.1) is 11.3 Å². The van der Waals surface area contributed by atoms with Crippen molar-refractivity contribution in [1.29, 1.82) is 0 Å². The zero-order valence-electron chi connectivity index (χ0n) is 12.5. The lowest BCUT2D eigenvalue weighted by Crippen LogP contribution is -2.41. The van der Waals surface area contributed by atoms with Crippen molar-refractivity contribution in [2.75, 3.05) is 18.8 Å². The number of nitrogens with zero attached hydrogens (tertiary/aromatic N) is 1. The number of likely N-dealkylation sites (tertiary alicyclic amines) is 1. The smallest absolute Gasteiger partial charge is 0.256 e. The van der Waals surface area contributed by atoms with Gasteiger partial charge < -0.3 is 15.7 Å². The van der Waals surface area contributed by atoms with E-state index in [1.807, 2.05) is 4.90 Å². The van der Waals surface area contributed by atoms with Crippen molar-refractivity contribution in [2.24, 2.45) is 11.3 Å². The summed E-state index contributed by atoms with van der Waals surface area (Å²) in [6, 6.07) is 4.52. The molecular formula is C16H24N2O2. The average Bonchev–Trinajstić information content (AvgIpc) is 2.40. The van der Waals surface area contributed by atoms with Crippen LogP contribution in [0.3, 0.4) is 0 Å². The predicted octanol–water partition coefficient (Wildman–Crippen LogP) is 2.87. The fourth-order valence-corrected chi connectivity index (χ4v) is 2.85. The number of aromatic hydroxyl groups is 1. The molecule has 0 bridgehead atoms. The first-order chi connectivity index (χ1) is 9.29. The van der Waals surface area contributed by atoms with Crippen LogP contribution in [0.2, 0.25) is 0 Å². The van der Waals surface area contributed by atoms with Crippen molar-refractivity contribution in [3.05, 3.63) is 23.8 Å². The molecule has 0 spiro atoms. The van der Waals surface area contributed by atoms with Crippen molar-refractivity contribution in [1.82, 2.24) is 4.90 Å². The molecule has 4 heteroatoms. The van der Waals surface area contributed by atoms with E-state index >= 15 is 0 Å². The quantitative estimate of drug-likeness (QED) is 0.612. The largest absolute Gasteiger partial charge is 0.508 e. The number of rotatable bonds is 1. The highest BCUT2D eigenvalue weighted by Gasteiger charge is 2.31. The Kier molecular flexibility index (Phi) is 3.93. The number of anilines is 1. The van der Waals surface area contributed by atoms with Crippen LogP contribution in [0.5, 0.6) is 5.75 Å². The lowest BCUT2D eigenvalue weighted by molar-refractivity contribution is 0.0609. The standard InChI is InChI=1S/C16H24N2O2/c1-16(2,3)11-6-8-18(9-7-11)15(20)13-10-12(19)4-5-14(13)17/h4-5,10-11,19H,6-9,17H2,1-3H3. The van der Waals surface area contributed by atoms with Crippen molar-refractivity contribution in [3.63, 3.8) is 0 Å². The predicted molar refractivity (Wildman–Crippen MR) is 80.6 cm³/mol. The van der Waals surface area contributed by atoms with Crippen molar-refractivity contribution >= 4 is 11.6 Å². The summed E-state index contributed by atoms with van der Waals surface area (Å²) >= 11 is 0. The Morgan fingerprint density at radius 3 is 2.45 bits per heavy atom. The van der Waals surface area contributed by atoms with Crippen LogP contribution in [0.15, 0.2) is 18.2 Å². The number of hydrogen-bond acceptors (Lipinski definition) is 3. The molecule has 1 heterocycles. The summed E-state index contributed by atoms with van der Waals surface area (Å²) in [5.74, 6) is 0.644. The molecule has 2 rings (SSSR count). The number of nitrogens with two attached hydrogens (primary N) is 1. The number of hydrogen-bond donors (Lipinski definition) is 2. The molecule has 0 aliphatic carbocycles. The van der Waals surface area contributed by atoms with Gasteiger partial charge in [0.05, 0.1) is 5.56 Å². The third kappa shape index (κ3) is 3.06. The summed E-state index contributed by atoms with van der Waals surface area (Å²) in [5.41, 5.74) is 6.95. The van der Waals surface area contributed by atoms with Gasteiger partial charge in [0, 0.05) is 18.8 Å². The Labute approximate surface area is 120 Å². The molecule has 4 nitrogen and oxygen atoms in total. The molecule has 20 heavy (non-hydrogen) atoms. The molecule has 1 fully saturated rings. The third-order valence-electron chi connectivity index (χ3n) is 4.27. The highest BCUT2D eigenvalue weighted by Crippen LogP contribution is 2.34. The zero-order chi connectivity index (χ0) is 14.9. The maximum absolute atomic E-state index is 12.5. The number of phenolic OH excluding ortho intramolecular Hbond substituents is 1. The molecule has 0 radical (unpaired) electrons. The molecule has 1 saturated heterocycles. The fourth-order valence-electron chi connectivity index (χ4n) is 2.85. The Morgan fingerprint density at radius 1 is 1.30 bits per heavy atom. The van der Waals surface area contributed by atoms with Gasteiger partial charge in [-0.05, 0) is 42.4 Å². The Bertz CT molecular complexity index is 498. The van der Waals surface area contributed by atoms with E-state index in [4.69, 9.17) is 5.73 Å².